The van der Waals surface area contributed by atoms with E-state index in [1.807, 2.05) is 0 Å². The van der Waals surface area contributed by atoms with Gasteiger partial charge in [-0.2, -0.15) is 0 Å². The summed E-state index contributed by atoms with van der Waals surface area (Å²) in [4.78, 5) is 24.8. The van der Waals surface area contributed by atoms with Gasteiger partial charge in [0.05, 0.1) is 11.8 Å². The van der Waals surface area contributed by atoms with Crippen molar-refractivity contribution in [2.45, 2.75) is 52.2 Å². The van der Waals surface area contributed by atoms with Crippen molar-refractivity contribution in [3.63, 3.8) is 0 Å². The fourth-order valence-corrected chi connectivity index (χ4v) is 1.65. The van der Waals surface area contributed by atoms with E-state index in [4.69, 9.17) is 9.84 Å². The van der Waals surface area contributed by atoms with Crippen molar-refractivity contribution in [2.75, 3.05) is 0 Å². The van der Waals surface area contributed by atoms with Crippen LogP contribution in [0.1, 0.15) is 40.5 Å². The highest BCUT2D eigenvalue weighted by atomic mass is 16.6. The summed E-state index contributed by atoms with van der Waals surface area (Å²) < 4.78 is 5.17. The normalized spacial score (nSPS) is 24.0. The van der Waals surface area contributed by atoms with Crippen LogP contribution in [0.25, 0.3) is 0 Å². The Kier molecular flexibility index (Phi) is 3.80. The molecule has 5 nitrogen and oxygen atoms in total. The summed E-state index contributed by atoms with van der Waals surface area (Å²) in [5.74, 6) is -0.472. The Balaban J connectivity index is 2.86. The van der Waals surface area contributed by atoms with Gasteiger partial charge < -0.3 is 9.84 Å². The number of hydrogen-bond donors (Lipinski definition) is 1. The van der Waals surface area contributed by atoms with Gasteiger partial charge in [0.2, 0.25) is 0 Å². The van der Waals surface area contributed by atoms with Gasteiger partial charge in [0.25, 0.3) is 5.91 Å². The highest BCUT2D eigenvalue weighted by Gasteiger charge is 2.36. The van der Waals surface area contributed by atoms with E-state index in [1.165, 1.54) is 0 Å². The molecule has 1 saturated heterocycles. The van der Waals surface area contributed by atoms with Crippen molar-refractivity contribution in [3.05, 3.63) is 11.8 Å². The van der Waals surface area contributed by atoms with Crippen LogP contribution in [0.2, 0.25) is 0 Å². The number of aliphatic hydroxyl groups is 1. The molecule has 17 heavy (non-hydrogen) atoms. The van der Waals surface area contributed by atoms with Gasteiger partial charge in [-0.3, -0.25) is 4.79 Å². The Morgan fingerprint density at radius 2 is 2.12 bits per heavy atom. The third-order valence-electron chi connectivity index (χ3n) is 2.51. The summed E-state index contributed by atoms with van der Waals surface area (Å²) in [6, 6.07) is -0.207. The predicted octanol–water partition coefficient (Wildman–Crippen LogP) is 2.37. The zero-order valence-electron chi connectivity index (χ0n) is 10.7. The molecule has 0 aromatic carbocycles. The van der Waals surface area contributed by atoms with Crippen LogP contribution in [0.15, 0.2) is 11.8 Å². The van der Waals surface area contributed by atoms with E-state index in [-0.39, 0.29) is 11.6 Å². The molecule has 1 fully saturated rings. The molecule has 1 aliphatic rings. The fraction of sp³-hybridized carbons (Fsp3) is 0.667. The molecule has 0 aromatic heterocycles. The summed E-state index contributed by atoms with van der Waals surface area (Å²) >= 11 is 0. The maximum absolute atomic E-state index is 11.9. The lowest BCUT2D eigenvalue weighted by atomic mass is 9.99. The lowest BCUT2D eigenvalue weighted by molar-refractivity contribution is -0.130. The smallest absolute Gasteiger partial charge is 0.417 e. The van der Waals surface area contributed by atoms with Gasteiger partial charge in [0.15, 0.2) is 0 Å². The van der Waals surface area contributed by atoms with E-state index >= 15 is 0 Å². The Bertz CT molecular complexity index is 354. The molecule has 0 bridgehead atoms. The van der Waals surface area contributed by atoms with Crippen molar-refractivity contribution in [1.29, 1.82) is 0 Å². The Morgan fingerprint density at radius 3 is 2.59 bits per heavy atom. The topological polar surface area (TPSA) is 66.8 Å². The number of nitrogens with zero attached hydrogens (tertiary/aromatic N) is 1. The SMILES string of the molecule is CC1CCC(=CO)C(=O)N1C(=O)OC(C)(C)C. The number of carbonyl (C=O) groups excluding carboxylic acids is 2. The zero-order chi connectivity index (χ0) is 13.2. The summed E-state index contributed by atoms with van der Waals surface area (Å²) in [5.41, 5.74) is -0.397. The van der Waals surface area contributed by atoms with E-state index in [0.717, 1.165) is 11.2 Å². The first-order valence-electron chi connectivity index (χ1n) is 5.66. The average Bonchev–Trinajstić information content (AvgIpc) is 2.15. The van der Waals surface area contributed by atoms with Crippen LogP contribution in [0.4, 0.5) is 4.79 Å². The number of likely N-dealkylation sites (tertiary alicyclic amines) is 1. The Morgan fingerprint density at radius 1 is 1.53 bits per heavy atom. The van der Waals surface area contributed by atoms with Gasteiger partial charge in [-0.05, 0) is 40.5 Å². The highest BCUT2D eigenvalue weighted by molar-refractivity contribution is 6.03. The number of amides is 2. The second-order valence-corrected chi connectivity index (χ2v) is 5.20. The van der Waals surface area contributed by atoms with E-state index < -0.39 is 17.6 Å². The summed E-state index contributed by atoms with van der Waals surface area (Å²) in [6.07, 6.45) is 1.23. The lowest BCUT2D eigenvalue weighted by Crippen LogP contribution is -2.49. The van der Waals surface area contributed by atoms with Crippen molar-refractivity contribution in [3.8, 4) is 0 Å². The number of ether oxygens (including phenoxy) is 1. The number of imide groups is 1. The van der Waals surface area contributed by atoms with Crippen LogP contribution in [-0.4, -0.2) is 33.6 Å². The van der Waals surface area contributed by atoms with E-state index in [2.05, 4.69) is 0 Å². The molecule has 1 atom stereocenters. The van der Waals surface area contributed by atoms with Gasteiger partial charge in [0, 0.05) is 6.04 Å². The third-order valence-corrected chi connectivity index (χ3v) is 2.51. The first-order valence-corrected chi connectivity index (χ1v) is 5.66. The standard InChI is InChI=1S/C12H19NO4/c1-8-5-6-9(7-14)10(15)13(8)11(16)17-12(2,3)4/h7-8,14H,5-6H2,1-4H3. The first-order chi connectivity index (χ1) is 7.76. The molecule has 1 aliphatic heterocycles. The van der Waals surface area contributed by atoms with E-state index in [1.54, 1.807) is 27.7 Å². The van der Waals surface area contributed by atoms with Gasteiger partial charge in [-0.1, -0.05) is 0 Å². The average molecular weight is 241 g/mol. The van der Waals surface area contributed by atoms with Crippen LogP contribution >= 0.6 is 0 Å². The van der Waals surface area contributed by atoms with Crippen LogP contribution in [-0.2, 0) is 9.53 Å². The summed E-state index contributed by atoms with van der Waals surface area (Å²) in [6.45, 7) is 7.02. The largest absolute Gasteiger partial charge is 0.515 e. The quantitative estimate of drug-likeness (QED) is 0.522. The Hall–Kier alpha value is -1.52. The molecule has 96 valence electrons. The molecule has 1 N–H and O–H groups in total. The maximum atomic E-state index is 11.9. The van der Waals surface area contributed by atoms with Crippen molar-refractivity contribution in [2.24, 2.45) is 0 Å². The fourth-order valence-electron chi connectivity index (χ4n) is 1.65. The monoisotopic (exact) mass is 241 g/mol. The molecule has 0 saturated carbocycles. The zero-order valence-corrected chi connectivity index (χ0v) is 10.7. The predicted molar refractivity (Wildman–Crippen MR) is 62.5 cm³/mol. The molecular formula is C12H19NO4. The molecular weight excluding hydrogens is 222 g/mol. The number of piperidine rings is 1. The van der Waals surface area contributed by atoms with Gasteiger partial charge in [-0.25, -0.2) is 9.69 Å². The van der Waals surface area contributed by atoms with Crippen molar-refractivity contribution < 1.29 is 19.4 Å². The molecule has 5 heteroatoms. The van der Waals surface area contributed by atoms with Gasteiger partial charge in [-0.15, -0.1) is 0 Å². The second kappa shape index (κ2) is 4.77. The van der Waals surface area contributed by atoms with Crippen LogP contribution < -0.4 is 0 Å². The molecule has 0 aliphatic carbocycles. The van der Waals surface area contributed by atoms with Crippen LogP contribution in [0.5, 0.6) is 0 Å². The molecule has 0 aromatic rings. The summed E-state index contributed by atoms with van der Waals surface area (Å²) in [7, 11) is 0. The molecule has 1 rings (SSSR count). The number of carbonyl (C=O) groups is 2. The number of rotatable bonds is 0. The summed E-state index contributed by atoms with van der Waals surface area (Å²) in [5, 5.41) is 8.92. The minimum atomic E-state index is -0.658. The van der Waals surface area contributed by atoms with E-state index in [9.17, 15) is 9.59 Å². The third kappa shape index (κ3) is 3.22. The highest BCUT2D eigenvalue weighted by Crippen LogP contribution is 2.24. The second-order valence-electron chi connectivity index (χ2n) is 5.20. The number of aliphatic hydroxyl groups excluding tert-OH is 1. The van der Waals surface area contributed by atoms with Crippen LogP contribution in [0, 0.1) is 0 Å². The molecule has 1 unspecified atom stereocenters. The molecule has 2 amide bonds. The minimum Gasteiger partial charge on any atom is -0.515 e. The van der Waals surface area contributed by atoms with Gasteiger partial charge >= 0.3 is 6.09 Å². The van der Waals surface area contributed by atoms with Crippen molar-refractivity contribution >= 4 is 12.0 Å². The first kappa shape index (κ1) is 13.5. The van der Waals surface area contributed by atoms with Crippen molar-refractivity contribution in [1.82, 2.24) is 4.90 Å². The number of hydrogen-bond acceptors (Lipinski definition) is 4. The van der Waals surface area contributed by atoms with E-state index in [0.29, 0.717) is 12.8 Å². The van der Waals surface area contributed by atoms with Crippen LogP contribution in [0.3, 0.4) is 0 Å². The lowest BCUT2D eigenvalue weighted by Gasteiger charge is -2.33. The van der Waals surface area contributed by atoms with Gasteiger partial charge in [0.1, 0.15) is 5.60 Å². The molecule has 1 heterocycles. The minimum absolute atomic E-state index is 0.207. The maximum Gasteiger partial charge on any atom is 0.417 e. The molecule has 0 radical (unpaired) electrons. The Labute approximate surface area is 101 Å². The molecule has 0 spiro atoms.